The minimum absolute atomic E-state index is 0.0442. The van der Waals surface area contributed by atoms with E-state index in [2.05, 4.69) is 15.8 Å². The predicted molar refractivity (Wildman–Crippen MR) is 81.7 cm³/mol. The van der Waals surface area contributed by atoms with Crippen molar-refractivity contribution in [3.05, 3.63) is 40.5 Å². The van der Waals surface area contributed by atoms with E-state index in [4.69, 9.17) is 4.52 Å². The number of aryl methyl sites for hydroxylation is 3. The molecule has 0 radical (unpaired) electrons. The highest BCUT2D eigenvalue weighted by Crippen LogP contribution is 2.28. The summed E-state index contributed by atoms with van der Waals surface area (Å²) < 4.78 is 19.1. The van der Waals surface area contributed by atoms with Crippen molar-refractivity contribution in [1.82, 2.24) is 5.16 Å². The van der Waals surface area contributed by atoms with E-state index in [1.54, 1.807) is 13.8 Å². The molecule has 1 aromatic heterocycles. The molecule has 0 fully saturated rings. The van der Waals surface area contributed by atoms with Gasteiger partial charge in [-0.05, 0) is 38.0 Å². The highest BCUT2D eigenvalue weighted by Gasteiger charge is 2.19. The summed E-state index contributed by atoms with van der Waals surface area (Å²) in [6, 6.07) is 2.80. The molecule has 6 nitrogen and oxygen atoms in total. The highest BCUT2D eigenvalue weighted by molar-refractivity contribution is 5.97. The summed E-state index contributed by atoms with van der Waals surface area (Å²) in [5, 5.41) is 9.00. The second-order valence-corrected chi connectivity index (χ2v) is 5.57. The van der Waals surface area contributed by atoms with Crippen LogP contribution in [-0.4, -0.2) is 17.0 Å². The van der Waals surface area contributed by atoms with Crippen LogP contribution < -0.4 is 10.6 Å². The van der Waals surface area contributed by atoms with E-state index in [9.17, 15) is 14.0 Å². The molecule has 2 amide bonds. The summed E-state index contributed by atoms with van der Waals surface area (Å²) in [6.45, 7) is 3.46. The number of rotatable bonds is 3. The normalized spacial score (nSPS) is 13.4. The van der Waals surface area contributed by atoms with Crippen molar-refractivity contribution in [3.8, 4) is 0 Å². The van der Waals surface area contributed by atoms with E-state index in [1.165, 1.54) is 12.1 Å². The third kappa shape index (κ3) is 3.08. The molecule has 2 N–H and O–H groups in total. The summed E-state index contributed by atoms with van der Waals surface area (Å²) >= 11 is 0. The lowest BCUT2D eigenvalue weighted by atomic mass is 10.0. The number of carbonyl (C=O) groups excluding carboxylic acids is 2. The number of aromatic nitrogens is 1. The SMILES string of the molecule is Cc1noc(C)c1CC(=O)Nc1cc2c(cc1F)CCC(=O)N2. The molecule has 1 aliphatic rings. The molecule has 3 rings (SSSR count). The fourth-order valence-corrected chi connectivity index (χ4v) is 2.60. The Kier molecular flexibility index (Phi) is 3.85. The van der Waals surface area contributed by atoms with Crippen molar-refractivity contribution in [2.45, 2.75) is 33.1 Å². The molecular formula is C16H16FN3O3. The first kappa shape index (κ1) is 15.2. The molecule has 0 aliphatic carbocycles. The Hall–Kier alpha value is -2.70. The summed E-state index contributed by atoms with van der Waals surface area (Å²) in [7, 11) is 0. The maximum atomic E-state index is 14.1. The van der Waals surface area contributed by atoms with Crippen LogP contribution in [0.4, 0.5) is 15.8 Å². The highest BCUT2D eigenvalue weighted by atomic mass is 19.1. The molecule has 120 valence electrons. The maximum absolute atomic E-state index is 14.1. The van der Waals surface area contributed by atoms with Crippen LogP contribution in [0.15, 0.2) is 16.7 Å². The number of halogens is 1. The number of benzene rings is 1. The molecule has 2 aromatic rings. The van der Waals surface area contributed by atoms with Crippen molar-refractivity contribution in [2.75, 3.05) is 10.6 Å². The maximum Gasteiger partial charge on any atom is 0.229 e. The predicted octanol–water partition coefficient (Wildman–Crippen LogP) is 2.50. The van der Waals surface area contributed by atoms with Crippen molar-refractivity contribution in [1.29, 1.82) is 0 Å². The third-order valence-electron chi connectivity index (χ3n) is 3.88. The van der Waals surface area contributed by atoms with Crippen molar-refractivity contribution in [3.63, 3.8) is 0 Å². The van der Waals surface area contributed by atoms with Gasteiger partial charge in [0.25, 0.3) is 0 Å². The number of nitrogens with zero attached hydrogens (tertiary/aromatic N) is 1. The number of nitrogens with one attached hydrogen (secondary N) is 2. The van der Waals surface area contributed by atoms with Gasteiger partial charge < -0.3 is 15.2 Å². The monoisotopic (exact) mass is 317 g/mol. The van der Waals surface area contributed by atoms with Gasteiger partial charge in [0.1, 0.15) is 11.6 Å². The van der Waals surface area contributed by atoms with Crippen LogP contribution in [0.25, 0.3) is 0 Å². The van der Waals surface area contributed by atoms with Gasteiger partial charge in [-0.15, -0.1) is 0 Å². The second-order valence-electron chi connectivity index (χ2n) is 5.57. The minimum Gasteiger partial charge on any atom is -0.361 e. The number of amides is 2. The van der Waals surface area contributed by atoms with Gasteiger partial charge in [-0.2, -0.15) is 0 Å². The Balaban J connectivity index is 1.78. The molecule has 0 atom stereocenters. The number of anilines is 2. The van der Waals surface area contributed by atoms with Crippen molar-refractivity contribution in [2.24, 2.45) is 0 Å². The zero-order valence-corrected chi connectivity index (χ0v) is 12.8. The Bertz CT molecular complexity index is 779. The Morgan fingerprint density at radius 3 is 2.87 bits per heavy atom. The number of hydrogen-bond acceptors (Lipinski definition) is 4. The van der Waals surface area contributed by atoms with Gasteiger partial charge in [0.05, 0.1) is 17.8 Å². The molecule has 0 spiro atoms. The van der Waals surface area contributed by atoms with Gasteiger partial charge in [-0.25, -0.2) is 4.39 Å². The van der Waals surface area contributed by atoms with Gasteiger partial charge >= 0.3 is 0 Å². The fourth-order valence-electron chi connectivity index (χ4n) is 2.60. The number of fused-ring (bicyclic) bond motifs is 1. The van der Waals surface area contributed by atoms with Gasteiger partial charge in [-0.3, -0.25) is 9.59 Å². The zero-order chi connectivity index (χ0) is 16.6. The lowest BCUT2D eigenvalue weighted by Crippen LogP contribution is -2.21. The Morgan fingerprint density at radius 2 is 2.17 bits per heavy atom. The first-order valence-electron chi connectivity index (χ1n) is 7.28. The third-order valence-corrected chi connectivity index (χ3v) is 3.88. The van der Waals surface area contributed by atoms with E-state index in [-0.39, 0.29) is 23.9 Å². The van der Waals surface area contributed by atoms with Gasteiger partial charge in [0.15, 0.2) is 0 Å². The molecular weight excluding hydrogens is 301 g/mol. The van der Waals surface area contributed by atoms with E-state index < -0.39 is 5.82 Å². The quantitative estimate of drug-likeness (QED) is 0.911. The summed E-state index contributed by atoms with van der Waals surface area (Å²) in [5.74, 6) is -0.444. The van der Waals surface area contributed by atoms with Crippen LogP contribution in [0.2, 0.25) is 0 Å². The molecule has 1 aromatic carbocycles. The van der Waals surface area contributed by atoms with E-state index in [1.807, 2.05) is 0 Å². The first-order chi connectivity index (χ1) is 10.9. The molecule has 23 heavy (non-hydrogen) atoms. The Morgan fingerprint density at radius 1 is 1.39 bits per heavy atom. The van der Waals surface area contributed by atoms with Crippen LogP contribution in [0.5, 0.6) is 0 Å². The lowest BCUT2D eigenvalue weighted by molar-refractivity contribution is -0.116. The molecule has 2 heterocycles. The number of carbonyl (C=O) groups is 2. The zero-order valence-electron chi connectivity index (χ0n) is 12.8. The fraction of sp³-hybridized carbons (Fsp3) is 0.312. The smallest absolute Gasteiger partial charge is 0.229 e. The minimum atomic E-state index is -0.521. The second kappa shape index (κ2) is 5.83. The lowest BCUT2D eigenvalue weighted by Gasteiger charge is -2.18. The molecule has 1 aliphatic heterocycles. The van der Waals surface area contributed by atoms with Crippen molar-refractivity contribution < 1.29 is 18.5 Å². The van der Waals surface area contributed by atoms with Crippen LogP contribution >= 0.6 is 0 Å². The Labute approximate surface area is 132 Å². The van der Waals surface area contributed by atoms with E-state index >= 15 is 0 Å². The van der Waals surface area contributed by atoms with Crippen LogP contribution in [-0.2, 0) is 22.4 Å². The number of hydrogen-bond donors (Lipinski definition) is 2. The van der Waals surface area contributed by atoms with Crippen molar-refractivity contribution >= 4 is 23.2 Å². The summed E-state index contributed by atoms with van der Waals surface area (Å²) in [4.78, 5) is 23.6. The average molecular weight is 317 g/mol. The molecule has 0 bridgehead atoms. The molecule has 0 saturated carbocycles. The molecule has 7 heteroatoms. The van der Waals surface area contributed by atoms with Crippen LogP contribution in [0.1, 0.15) is 29.0 Å². The van der Waals surface area contributed by atoms with Gasteiger partial charge in [-0.1, -0.05) is 5.16 Å². The van der Waals surface area contributed by atoms with Crippen LogP contribution in [0.3, 0.4) is 0 Å². The average Bonchev–Trinajstić information content (AvgIpc) is 2.80. The van der Waals surface area contributed by atoms with E-state index in [0.29, 0.717) is 35.5 Å². The summed E-state index contributed by atoms with van der Waals surface area (Å²) in [6.07, 6.45) is 0.875. The first-order valence-corrected chi connectivity index (χ1v) is 7.28. The standard InChI is InChI=1S/C16H16FN3O3/c1-8-11(9(2)23-20-8)6-16(22)19-14-7-13-10(5-12(14)17)3-4-15(21)18-13/h5,7H,3-4,6H2,1-2H3,(H,18,21)(H,19,22). The topological polar surface area (TPSA) is 84.2 Å². The largest absolute Gasteiger partial charge is 0.361 e. The van der Waals surface area contributed by atoms with Crippen LogP contribution in [0, 0.1) is 19.7 Å². The van der Waals surface area contributed by atoms with Gasteiger partial charge in [0, 0.05) is 17.7 Å². The molecule has 0 unspecified atom stereocenters. The summed E-state index contributed by atoms with van der Waals surface area (Å²) in [5.41, 5.74) is 2.63. The van der Waals surface area contributed by atoms with Gasteiger partial charge in [0.2, 0.25) is 11.8 Å². The van der Waals surface area contributed by atoms with E-state index in [0.717, 1.165) is 5.56 Å². The molecule has 0 saturated heterocycles.